The van der Waals surface area contributed by atoms with Crippen LogP contribution in [0.4, 0.5) is 5.69 Å². The third-order valence-corrected chi connectivity index (χ3v) is 7.16. The van der Waals surface area contributed by atoms with Crippen molar-refractivity contribution < 1.29 is 9.59 Å². The normalized spacial score (nSPS) is 25.9. The van der Waals surface area contributed by atoms with Gasteiger partial charge in [-0.15, -0.1) is 0 Å². The Balaban J connectivity index is 1.42. The zero-order valence-corrected chi connectivity index (χ0v) is 17.7. The molecule has 3 aliphatic rings. The van der Waals surface area contributed by atoms with E-state index >= 15 is 0 Å². The minimum atomic E-state index is -0.414. The maximum absolute atomic E-state index is 13.2. The molecule has 1 saturated heterocycles. The number of carbonyl (C=O) groups is 2. The van der Waals surface area contributed by atoms with Gasteiger partial charge in [0.15, 0.2) is 0 Å². The third-order valence-electron chi connectivity index (χ3n) is 7.16. The summed E-state index contributed by atoms with van der Waals surface area (Å²) < 4.78 is 0. The lowest BCUT2D eigenvalue weighted by molar-refractivity contribution is -0.124. The smallest absolute Gasteiger partial charge is 0.235 e. The first kappa shape index (κ1) is 20.1. The van der Waals surface area contributed by atoms with Gasteiger partial charge in [0.25, 0.3) is 0 Å². The maximum Gasteiger partial charge on any atom is 0.235 e. The summed E-state index contributed by atoms with van der Waals surface area (Å²) in [6.45, 7) is 6.56. The molecule has 0 aromatic heterocycles. The molecule has 5 nitrogen and oxygen atoms in total. The highest BCUT2D eigenvalue weighted by atomic mass is 16.2. The van der Waals surface area contributed by atoms with Crippen LogP contribution in [0.1, 0.15) is 70.3 Å². The van der Waals surface area contributed by atoms with Crippen LogP contribution in [0.5, 0.6) is 0 Å². The summed E-state index contributed by atoms with van der Waals surface area (Å²) in [6, 6.07) is 8.80. The number of piperidine rings is 1. The Morgan fingerprint density at radius 1 is 1.03 bits per heavy atom. The van der Waals surface area contributed by atoms with E-state index in [-0.39, 0.29) is 18.4 Å². The van der Waals surface area contributed by atoms with E-state index in [0.717, 1.165) is 37.2 Å². The third kappa shape index (κ3) is 3.97. The molecule has 1 aliphatic carbocycles. The second-order valence-electron chi connectivity index (χ2n) is 9.09. The van der Waals surface area contributed by atoms with Crippen LogP contribution in [-0.2, 0) is 9.59 Å². The highest BCUT2D eigenvalue weighted by molar-refractivity contribution is 6.07. The molecule has 1 unspecified atom stereocenters. The number of rotatable bonds is 4. The van der Waals surface area contributed by atoms with Crippen LogP contribution in [0, 0.1) is 0 Å². The summed E-state index contributed by atoms with van der Waals surface area (Å²) >= 11 is 0. The number of hydrogen-bond acceptors (Lipinski definition) is 3. The molecule has 2 aliphatic heterocycles. The van der Waals surface area contributed by atoms with Gasteiger partial charge in [0.2, 0.25) is 11.8 Å². The van der Waals surface area contributed by atoms with Crippen molar-refractivity contribution in [3.8, 4) is 0 Å². The summed E-state index contributed by atoms with van der Waals surface area (Å²) in [5, 5.41) is 0. The number of hydrogen-bond donors (Lipinski definition) is 1. The van der Waals surface area contributed by atoms with E-state index in [9.17, 15) is 9.59 Å². The molecule has 2 N–H and O–H groups in total. The first-order valence-electron chi connectivity index (χ1n) is 11.0. The molecule has 156 valence electrons. The van der Waals surface area contributed by atoms with Gasteiger partial charge in [-0.2, -0.15) is 0 Å². The molecule has 1 aromatic rings. The second kappa shape index (κ2) is 8.31. The van der Waals surface area contributed by atoms with Crippen molar-refractivity contribution in [2.75, 3.05) is 18.0 Å². The molecule has 2 heterocycles. The van der Waals surface area contributed by atoms with Crippen molar-refractivity contribution in [3.05, 3.63) is 41.0 Å². The SMILES string of the molecule is CC(C)=C1CCC(N2CCC(N3C(=O)C(CC(N)=O)c4ccccc43)CC2)CC1. The standard InChI is InChI=1S/C24H33N3O2/c1-16(2)17-7-9-18(10-8-17)26-13-11-19(12-14-26)27-22-6-4-3-5-20(22)21(24(27)29)15-23(25)28/h3-6,18-19,21H,7-15H2,1-2H3,(H2,25,28). The molecule has 2 fully saturated rings. The topological polar surface area (TPSA) is 66.6 Å². The van der Waals surface area contributed by atoms with E-state index in [2.05, 4.69) is 18.7 Å². The van der Waals surface area contributed by atoms with Crippen LogP contribution < -0.4 is 10.6 Å². The number of anilines is 1. The average Bonchev–Trinajstić information content (AvgIpc) is 2.99. The minimum Gasteiger partial charge on any atom is -0.370 e. The van der Waals surface area contributed by atoms with E-state index in [1.165, 1.54) is 31.3 Å². The lowest BCUT2D eigenvalue weighted by atomic mass is 9.86. The molecule has 1 aromatic carbocycles. The summed E-state index contributed by atoms with van der Waals surface area (Å²) in [5.41, 5.74) is 10.5. The summed E-state index contributed by atoms with van der Waals surface area (Å²) in [4.78, 5) is 29.3. The van der Waals surface area contributed by atoms with Crippen molar-refractivity contribution in [3.63, 3.8) is 0 Å². The van der Waals surface area contributed by atoms with Crippen molar-refractivity contribution >= 4 is 17.5 Å². The molecule has 1 atom stereocenters. The largest absolute Gasteiger partial charge is 0.370 e. The second-order valence-corrected chi connectivity index (χ2v) is 9.09. The predicted octanol–water partition coefficient (Wildman–Crippen LogP) is 3.74. The van der Waals surface area contributed by atoms with Crippen LogP contribution in [0.3, 0.4) is 0 Å². The van der Waals surface area contributed by atoms with Gasteiger partial charge in [0.05, 0.1) is 5.92 Å². The first-order valence-corrected chi connectivity index (χ1v) is 11.0. The zero-order valence-electron chi connectivity index (χ0n) is 17.7. The van der Waals surface area contributed by atoms with Gasteiger partial charge in [0, 0.05) is 37.3 Å². The van der Waals surface area contributed by atoms with E-state index in [4.69, 9.17) is 5.73 Å². The monoisotopic (exact) mass is 395 g/mol. The first-order chi connectivity index (χ1) is 14.0. The predicted molar refractivity (Wildman–Crippen MR) is 116 cm³/mol. The average molecular weight is 396 g/mol. The zero-order chi connectivity index (χ0) is 20.5. The van der Waals surface area contributed by atoms with Gasteiger partial charge < -0.3 is 15.5 Å². The quantitative estimate of drug-likeness (QED) is 0.790. The van der Waals surface area contributed by atoms with Gasteiger partial charge in [-0.25, -0.2) is 0 Å². The fourth-order valence-corrected chi connectivity index (χ4v) is 5.52. The summed E-state index contributed by atoms with van der Waals surface area (Å²) in [7, 11) is 0. The molecule has 4 rings (SSSR count). The van der Waals surface area contributed by atoms with Crippen LogP contribution in [0.25, 0.3) is 0 Å². The van der Waals surface area contributed by atoms with E-state index < -0.39 is 11.8 Å². The van der Waals surface area contributed by atoms with Gasteiger partial charge in [-0.05, 0) is 64.0 Å². The fraction of sp³-hybridized carbons (Fsp3) is 0.583. The van der Waals surface area contributed by atoms with Crippen molar-refractivity contribution in [2.45, 2.75) is 76.8 Å². The molecule has 0 radical (unpaired) electrons. The Bertz CT molecular complexity index is 809. The molecule has 29 heavy (non-hydrogen) atoms. The van der Waals surface area contributed by atoms with Gasteiger partial charge >= 0.3 is 0 Å². The van der Waals surface area contributed by atoms with Crippen LogP contribution in [0.15, 0.2) is 35.4 Å². The number of primary amides is 1. The molecule has 5 heteroatoms. The number of likely N-dealkylation sites (tertiary alicyclic amines) is 1. The lowest BCUT2D eigenvalue weighted by Gasteiger charge is -2.42. The van der Waals surface area contributed by atoms with Crippen LogP contribution in [-0.4, -0.2) is 41.9 Å². The number of fused-ring (bicyclic) bond motifs is 1. The highest BCUT2D eigenvalue weighted by Gasteiger charge is 2.42. The Hall–Kier alpha value is -2.14. The number of allylic oxidation sites excluding steroid dienone is 2. The maximum atomic E-state index is 13.2. The Kier molecular flexibility index (Phi) is 5.77. The Labute approximate surface area is 173 Å². The number of benzene rings is 1. The number of nitrogens with two attached hydrogens (primary N) is 1. The van der Waals surface area contributed by atoms with E-state index in [1.54, 1.807) is 5.57 Å². The number of nitrogens with zero attached hydrogens (tertiary/aromatic N) is 2. The van der Waals surface area contributed by atoms with Gasteiger partial charge in [-0.1, -0.05) is 29.3 Å². The lowest BCUT2D eigenvalue weighted by Crippen LogP contribution is -2.50. The molecular weight excluding hydrogens is 362 g/mol. The number of amides is 2. The van der Waals surface area contributed by atoms with Crippen LogP contribution >= 0.6 is 0 Å². The minimum absolute atomic E-state index is 0.0503. The van der Waals surface area contributed by atoms with Crippen LogP contribution in [0.2, 0.25) is 0 Å². The Morgan fingerprint density at radius 3 is 2.31 bits per heavy atom. The molecule has 2 amide bonds. The van der Waals surface area contributed by atoms with Gasteiger partial charge in [0.1, 0.15) is 0 Å². The number of para-hydroxylation sites is 1. The van der Waals surface area contributed by atoms with Crippen molar-refractivity contribution in [2.24, 2.45) is 5.73 Å². The van der Waals surface area contributed by atoms with Gasteiger partial charge in [-0.3, -0.25) is 9.59 Å². The van der Waals surface area contributed by atoms with E-state index in [1.807, 2.05) is 29.2 Å². The summed E-state index contributed by atoms with van der Waals surface area (Å²) in [6.07, 6.45) is 7.08. The summed E-state index contributed by atoms with van der Waals surface area (Å²) in [5.74, 6) is -0.778. The number of carbonyl (C=O) groups excluding carboxylic acids is 2. The molecular formula is C24H33N3O2. The Morgan fingerprint density at radius 2 is 1.69 bits per heavy atom. The molecule has 1 saturated carbocycles. The molecule has 0 spiro atoms. The van der Waals surface area contributed by atoms with Crippen molar-refractivity contribution in [1.29, 1.82) is 0 Å². The fourth-order valence-electron chi connectivity index (χ4n) is 5.52. The van der Waals surface area contributed by atoms with E-state index in [0.29, 0.717) is 6.04 Å². The highest BCUT2D eigenvalue weighted by Crippen LogP contribution is 2.42. The van der Waals surface area contributed by atoms with Crippen molar-refractivity contribution in [1.82, 2.24) is 4.90 Å². The molecule has 0 bridgehead atoms.